The minimum atomic E-state index is 0.769. The summed E-state index contributed by atoms with van der Waals surface area (Å²) in [5, 5.41) is 0. The van der Waals surface area contributed by atoms with Gasteiger partial charge in [0.25, 0.3) is 0 Å². The van der Waals surface area contributed by atoms with Gasteiger partial charge in [-0.15, -0.1) is 0 Å². The lowest BCUT2D eigenvalue weighted by Crippen LogP contribution is -2.37. The fourth-order valence-corrected chi connectivity index (χ4v) is 4.05. The molecule has 0 aromatic heterocycles. The van der Waals surface area contributed by atoms with Crippen molar-refractivity contribution < 1.29 is 0 Å². The van der Waals surface area contributed by atoms with Crippen molar-refractivity contribution in [2.75, 3.05) is 26.2 Å². The van der Waals surface area contributed by atoms with Gasteiger partial charge in [0, 0.05) is 6.54 Å². The van der Waals surface area contributed by atoms with Crippen LogP contribution in [0.25, 0.3) is 0 Å². The molecule has 1 aromatic carbocycles. The lowest BCUT2D eigenvalue weighted by molar-refractivity contribution is 0.167. The Morgan fingerprint density at radius 1 is 1.10 bits per heavy atom. The summed E-state index contributed by atoms with van der Waals surface area (Å²) in [6.45, 7) is 4.69. The normalized spacial score (nSPS) is 24.6. The van der Waals surface area contributed by atoms with E-state index in [1.165, 1.54) is 58.2 Å². The molecule has 2 N–H and O–H groups in total. The van der Waals surface area contributed by atoms with Crippen LogP contribution in [0.2, 0.25) is 0 Å². The van der Waals surface area contributed by atoms with Gasteiger partial charge in [0.05, 0.1) is 0 Å². The van der Waals surface area contributed by atoms with Gasteiger partial charge in [-0.2, -0.15) is 0 Å². The van der Waals surface area contributed by atoms with Crippen LogP contribution in [-0.4, -0.2) is 31.1 Å². The Bertz CT molecular complexity index is 421. The zero-order valence-electron chi connectivity index (χ0n) is 12.6. The van der Waals surface area contributed by atoms with E-state index < -0.39 is 0 Å². The topological polar surface area (TPSA) is 29.3 Å². The monoisotopic (exact) mass is 272 g/mol. The molecule has 0 amide bonds. The van der Waals surface area contributed by atoms with Crippen molar-refractivity contribution in [2.24, 2.45) is 11.7 Å². The molecule has 110 valence electrons. The van der Waals surface area contributed by atoms with E-state index in [4.69, 9.17) is 5.73 Å². The molecule has 2 nitrogen and oxygen atoms in total. The second-order valence-electron chi connectivity index (χ2n) is 6.61. The van der Waals surface area contributed by atoms with Crippen molar-refractivity contribution in [2.45, 2.75) is 44.4 Å². The smallest absolute Gasteiger partial charge is 0.00504 e. The fraction of sp³-hybridized carbons (Fsp3) is 0.667. The number of likely N-dealkylation sites (tertiary alicyclic amines) is 1. The van der Waals surface area contributed by atoms with Gasteiger partial charge in [-0.05, 0) is 81.1 Å². The minimum Gasteiger partial charge on any atom is -0.330 e. The van der Waals surface area contributed by atoms with Gasteiger partial charge in [-0.3, -0.25) is 0 Å². The number of nitrogens with zero attached hydrogens (tertiary/aromatic N) is 1. The van der Waals surface area contributed by atoms with Crippen LogP contribution in [-0.2, 0) is 6.42 Å². The van der Waals surface area contributed by atoms with Crippen molar-refractivity contribution in [1.82, 2.24) is 4.90 Å². The Balaban J connectivity index is 1.57. The average Bonchev–Trinajstić information content (AvgIpc) is 2.50. The molecule has 1 heterocycles. The first-order valence-corrected chi connectivity index (χ1v) is 8.37. The molecule has 0 bridgehead atoms. The van der Waals surface area contributed by atoms with Crippen LogP contribution in [0.5, 0.6) is 0 Å². The molecule has 0 saturated carbocycles. The van der Waals surface area contributed by atoms with Crippen molar-refractivity contribution >= 4 is 0 Å². The maximum Gasteiger partial charge on any atom is 0.00504 e. The Morgan fingerprint density at radius 3 is 2.70 bits per heavy atom. The maximum atomic E-state index is 5.68. The molecule has 1 fully saturated rings. The fourth-order valence-electron chi connectivity index (χ4n) is 4.05. The van der Waals surface area contributed by atoms with Crippen molar-refractivity contribution in [1.29, 1.82) is 0 Å². The molecular formula is C18H28N2. The molecule has 2 heteroatoms. The van der Waals surface area contributed by atoms with Crippen LogP contribution in [0.4, 0.5) is 0 Å². The molecule has 3 rings (SSSR count). The molecule has 2 aliphatic rings. The summed E-state index contributed by atoms with van der Waals surface area (Å²) in [7, 11) is 0. The highest BCUT2D eigenvalue weighted by Gasteiger charge is 2.24. The largest absolute Gasteiger partial charge is 0.330 e. The van der Waals surface area contributed by atoms with Crippen LogP contribution in [0.3, 0.4) is 0 Å². The number of piperidine rings is 1. The average molecular weight is 272 g/mol. The van der Waals surface area contributed by atoms with Crippen LogP contribution in [0.15, 0.2) is 24.3 Å². The van der Waals surface area contributed by atoms with Crippen LogP contribution in [0, 0.1) is 5.92 Å². The molecule has 20 heavy (non-hydrogen) atoms. The first kappa shape index (κ1) is 14.1. The van der Waals surface area contributed by atoms with E-state index in [0.29, 0.717) is 0 Å². The van der Waals surface area contributed by atoms with E-state index in [1.54, 1.807) is 11.1 Å². The Labute approximate surface area is 123 Å². The Hall–Kier alpha value is -0.860. The van der Waals surface area contributed by atoms with Crippen LogP contribution < -0.4 is 5.73 Å². The summed E-state index contributed by atoms with van der Waals surface area (Å²) in [6.07, 6.45) is 7.95. The third kappa shape index (κ3) is 3.24. The number of rotatable bonds is 4. The zero-order chi connectivity index (χ0) is 13.8. The Morgan fingerprint density at radius 2 is 1.90 bits per heavy atom. The third-order valence-corrected chi connectivity index (χ3v) is 5.25. The maximum absolute atomic E-state index is 5.68. The SMILES string of the molecule is NCCC1CCN(CC2CCCc3ccccc32)CC1. The van der Waals surface area contributed by atoms with Crippen molar-refractivity contribution in [3.8, 4) is 0 Å². The highest BCUT2D eigenvalue weighted by Crippen LogP contribution is 2.33. The summed E-state index contributed by atoms with van der Waals surface area (Å²) < 4.78 is 0. The highest BCUT2D eigenvalue weighted by molar-refractivity contribution is 5.32. The summed E-state index contributed by atoms with van der Waals surface area (Å²) >= 11 is 0. The van der Waals surface area contributed by atoms with Gasteiger partial charge >= 0.3 is 0 Å². The van der Waals surface area contributed by atoms with Crippen LogP contribution in [0.1, 0.15) is 49.1 Å². The van der Waals surface area contributed by atoms with E-state index in [0.717, 1.165) is 18.4 Å². The molecule has 1 atom stereocenters. The second kappa shape index (κ2) is 6.73. The number of aryl methyl sites for hydroxylation is 1. The third-order valence-electron chi connectivity index (χ3n) is 5.25. The van der Waals surface area contributed by atoms with Crippen molar-refractivity contribution in [3.05, 3.63) is 35.4 Å². The van der Waals surface area contributed by atoms with Gasteiger partial charge in [-0.1, -0.05) is 24.3 Å². The van der Waals surface area contributed by atoms with Crippen LogP contribution >= 0.6 is 0 Å². The molecule has 1 saturated heterocycles. The van der Waals surface area contributed by atoms with Gasteiger partial charge < -0.3 is 10.6 Å². The number of benzene rings is 1. The van der Waals surface area contributed by atoms with Crippen molar-refractivity contribution in [3.63, 3.8) is 0 Å². The number of hydrogen-bond donors (Lipinski definition) is 1. The summed E-state index contributed by atoms with van der Waals surface area (Å²) in [6, 6.07) is 9.10. The van der Waals surface area contributed by atoms with Gasteiger partial charge in [0.1, 0.15) is 0 Å². The first-order valence-electron chi connectivity index (χ1n) is 8.37. The molecule has 1 aliphatic carbocycles. The zero-order valence-corrected chi connectivity index (χ0v) is 12.6. The van der Waals surface area contributed by atoms with E-state index >= 15 is 0 Å². The quantitative estimate of drug-likeness (QED) is 0.912. The van der Waals surface area contributed by atoms with E-state index in [1.807, 2.05) is 0 Å². The molecule has 1 aliphatic heterocycles. The first-order chi connectivity index (χ1) is 9.86. The summed E-state index contributed by atoms with van der Waals surface area (Å²) in [4.78, 5) is 2.69. The second-order valence-corrected chi connectivity index (χ2v) is 6.61. The number of hydrogen-bond acceptors (Lipinski definition) is 2. The van der Waals surface area contributed by atoms with E-state index in [9.17, 15) is 0 Å². The lowest BCUT2D eigenvalue weighted by atomic mass is 9.82. The summed E-state index contributed by atoms with van der Waals surface area (Å²) in [5.41, 5.74) is 8.91. The predicted octanol–water partition coefficient (Wildman–Crippen LogP) is 3.17. The van der Waals surface area contributed by atoms with E-state index in [-0.39, 0.29) is 0 Å². The van der Waals surface area contributed by atoms with Gasteiger partial charge in [0.15, 0.2) is 0 Å². The standard InChI is InChI=1S/C18H28N2/c19-11-8-15-9-12-20(13-10-15)14-17-6-3-5-16-4-1-2-7-18(16)17/h1-2,4,7,15,17H,3,5-6,8-14,19H2. The minimum absolute atomic E-state index is 0.769. The molecule has 1 unspecified atom stereocenters. The van der Waals surface area contributed by atoms with E-state index in [2.05, 4.69) is 29.2 Å². The molecular weight excluding hydrogens is 244 g/mol. The molecule has 0 radical (unpaired) electrons. The Kier molecular flexibility index (Phi) is 4.74. The van der Waals surface area contributed by atoms with Gasteiger partial charge in [-0.25, -0.2) is 0 Å². The van der Waals surface area contributed by atoms with Gasteiger partial charge in [0.2, 0.25) is 0 Å². The number of nitrogens with two attached hydrogens (primary N) is 1. The number of fused-ring (bicyclic) bond motifs is 1. The molecule has 1 aromatic rings. The highest BCUT2D eigenvalue weighted by atomic mass is 15.1. The molecule has 0 spiro atoms. The lowest BCUT2D eigenvalue weighted by Gasteiger charge is -2.36. The predicted molar refractivity (Wildman–Crippen MR) is 85.0 cm³/mol. The summed E-state index contributed by atoms with van der Waals surface area (Å²) in [5.74, 6) is 1.65.